The Balaban J connectivity index is 2.57. The molecule has 0 saturated heterocycles. The highest BCUT2D eigenvalue weighted by molar-refractivity contribution is 5.67. The van der Waals surface area contributed by atoms with Crippen molar-refractivity contribution in [3.05, 3.63) is 36.3 Å². The Kier molecular flexibility index (Phi) is 2.32. The van der Waals surface area contributed by atoms with Crippen molar-refractivity contribution in [2.45, 2.75) is 0 Å². The summed E-state index contributed by atoms with van der Waals surface area (Å²) >= 11 is 0. The third kappa shape index (κ3) is 2.57. The monoisotopic (exact) mass is 152 g/mol. The highest BCUT2D eigenvalue weighted by Gasteiger charge is 1.97. The van der Waals surface area contributed by atoms with E-state index in [0.29, 0.717) is 5.82 Å². The van der Waals surface area contributed by atoms with Crippen molar-refractivity contribution in [1.29, 1.82) is 0 Å². The molecule has 1 amide bonds. The molecule has 1 heterocycles. The van der Waals surface area contributed by atoms with Gasteiger partial charge in [-0.15, -0.1) is 0 Å². The zero-order valence-electron chi connectivity index (χ0n) is 5.74. The fraction of sp³-hybridized carbons (Fsp3) is 0. The molecule has 58 valence electrons. The first-order chi connectivity index (χ1) is 5.29. The Bertz CT molecular complexity index is 241. The minimum atomic E-state index is -1.08. The average Bonchev–Trinajstić information content (AvgIpc) is 2.14. The van der Waals surface area contributed by atoms with Crippen LogP contribution < -0.4 is 10.6 Å². The molecule has 0 aromatic carbocycles. The Morgan fingerprint density at radius 3 is 3.00 bits per heavy atom. The molecule has 0 aliphatic carbocycles. The van der Waals surface area contributed by atoms with Gasteiger partial charge in [0.2, 0.25) is 0 Å². The molecule has 4 heteroatoms. The molecular weight excluding hydrogens is 144 g/mol. The van der Waals surface area contributed by atoms with E-state index < -0.39 is 6.09 Å². The van der Waals surface area contributed by atoms with Gasteiger partial charge in [-0.3, -0.25) is 5.32 Å². The Hall–Kier alpha value is -1.71. The Morgan fingerprint density at radius 1 is 1.45 bits per heavy atom. The predicted molar refractivity (Wildman–Crippen MR) is 40.7 cm³/mol. The van der Waals surface area contributed by atoms with Crippen LogP contribution in [0, 0.1) is 0 Å². The van der Waals surface area contributed by atoms with Crippen LogP contribution in [0.3, 0.4) is 0 Å². The molecule has 0 spiro atoms. The normalized spacial score (nSPS) is 14.7. The van der Waals surface area contributed by atoms with Crippen LogP contribution in [0.15, 0.2) is 36.3 Å². The molecule has 1 aliphatic rings. The lowest BCUT2D eigenvalue weighted by Gasteiger charge is -2.03. The number of hydrogen-bond acceptors (Lipinski definition) is 2. The molecule has 0 aromatic rings. The summed E-state index contributed by atoms with van der Waals surface area (Å²) in [7, 11) is 0. The lowest BCUT2D eigenvalue weighted by Crippen LogP contribution is -2.27. The van der Waals surface area contributed by atoms with Crippen LogP contribution in [0.1, 0.15) is 0 Å². The summed E-state index contributed by atoms with van der Waals surface area (Å²) in [5.74, 6) is 0.447. The second-order valence-corrected chi connectivity index (χ2v) is 1.90. The Morgan fingerprint density at radius 2 is 2.27 bits per heavy atom. The zero-order valence-corrected chi connectivity index (χ0v) is 5.74. The lowest BCUT2D eigenvalue weighted by molar-refractivity contribution is 0.197. The van der Waals surface area contributed by atoms with Crippen molar-refractivity contribution in [2.75, 3.05) is 0 Å². The van der Waals surface area contributed by atoms with Gasteiger partial charge in [-0.1, -0.05) is 12.2 Å². The fourth-order valence-electron chi connectivity index (χ4n) is 0.650. The summed E-state index contributed by atoms with van der Waals surface area (Å²) in [4.78, 5) is 10.1. The standard InChI is InChI=1S/C7H8N2O2/c10-7(11)9-6-4-2-1-3-5-8-6/h1-5,8-9H,(H,10,11). The molecule has 0 fully saturated rings. The van der Waals surface area contributed by atoms with Crippen molar-refractivity contribution in [2.24, 2.45) is 0 Å². The minimum Gasteiger partial charge on any atom is -0.465 e. The predicted octanol–water partition coefficient (Wildman–Crippen LogP) is 0.768. The quantitative estimate of drug-likeness (QED) is 0.520. The van der Waals surface area contributed by atoms with Gasteiger partial charge in [0.25, 0.3) is 0 Å². The highest BCUT2D eigenvalue weighted by atomic mass is 16.4. The second-order valence-electron chi connectivity index (χ2n) is 1.90. The topological polar surface area (TPSA) is 61.4 Å². The third-order valence-electron chi connectivity index (χ3n) is 1.06. The Labute approximate surface area is 63.9 Å². The third-order valence-corrected chi connectivity index (χ3v) is 1.06. The molecule has 1 rings (SSSR count). The van der Waals surface area contributed by atoms with Gasteiger partial charge in [0.05, 0.1) is 0 Å². The number of amides is 1. The summed E-state index contributed by atoms with van der Waals surface area (Å²) < 4.78 is 0. The number of nitrogens with one attached hydrogen (secondary N) is 2. The van der Waals surface area contributed by atoms with E-state index in [0.717, 1.165) is 0 Å². The first-order valence-electron chi connectivity index (χ1n) is 3.09. The molecule has 0 radical (unpaired) electrons. The lowest BCUT2D eigenvalue weighted by atomic mass is 10.5. The SMILES string of the molecule is O=C(O)NC1=CC=CC=CN1. The molecule has 0 unspecified atom stereocenters. The van der Waals surface area contributed by atoms with Gasteiger partial charge in [0.1, 0.15) is 5.82 Å². The van der Waals surface area contributed by atoms with Crippen molar-refractivity contribution >= 4 is 6.09 Å². The van der Waals surface area contributed by atoms with Crippen LogP contribution in [0.2, 0.25) is 0 Å². The summed E-state index contributed by atoms with van der Waals surface area (Å²) in [6, 6.07) is 0. The number of allylic oxidation sites excluding steroid dienone is 4. The number of carboxylic acid groups (broad SMARTS) is 1. The number of rotatable bonds is 1. The maximum Gasteiger partial charge on any atom is 0.410 e. The fourth-order valence-corrected chi connectivity index (χ4v) is 0.650. The van der Waals surface area contributed by atoms with Gasteiger partial charge in [0, 0.05) is 6.20 Å². The summed E-state index contributed by atoms with van der Waals surface area (Å²) in [6.45, 7) is 0. The molecular formula is C7H8N2O2. The van der Waals surface area contributed by atoms with Crippen LogP contribution in [0.25, 0.3) is 0 Å². The second kappa shape index (κ2) is 3.46. The van der Waals surface area contributed by atoms with Gasteiger partial charge in [0.15, 0.2) is 0 Å². The van der Waals surface area contributed by atoms with E-state index in [1.165, 1.54) is 0 Å². The van der Waals surface area contributed by atoms with Gasteiger partial charge >= 0.3 is 6.09 Å². The maximum absolute atomic E-state index is 10.1. The number of carbonyl (C=O) groups is 1. The van der Waals surface area contributed by atoms with Crippen LogP contribution in [0.5, 0.6) is 0 Å². The average molecular weight is 152 g/mol. The van der Waals surface area contributed by atoms with Crippen LogP contribution in [0.4, 0.5) is 4.79 Å². The molecule has 0 atom stereocenters. The van der Waals surface area contributed by atoms with Gasteiger partial charge in [-0.05, 0) is 12.2 Å². The van der Waals surface area contributed by atoms with E-state index in [9.17, 15) is 4.79 Å². The zero-order chi connectivity index (χ0) is 8.10. The summed E-state index contributed by atoms with van der Waals surface area (Å²) in [6.07, 6.45) is 7.50. The van der Waals surface area contributed by atoms with Crippen molar-refractivity contribution < 1.29 is 9.90 Å². The van der Waals surface area contributed by atoms with Crippen LogP contribution in [-0.4, -0.2) is 11.2 Å². The first-order valence-corrected chi connectivity index (χ1v) is 3.09. The molecule has 1 aliphatic heterocycles. The molecule has 0 saturated carbocycles. The van der Waals surface area contributed by atoms with E-state index in [2.05, 4.69) is 10.6 Å². The van der Waals surface area contributed by atoms with Gasteiger partial charge < -0.3 is 10.4 Å². The highest BCUT2D eigenvalue weighted by Crippen LogP contribution is 1.90. The van der Waals surface area contributed by atoms with Crippen LogP contribution >= 0.6 is 0 Å². The van der Waals surface area contributed by atoms with Crippen molar-refractivity contribution in [1.82, 2.24) is 10.6 Å². The van der Waals surface area contributed by atoms with Crippen molar-refractivity contribution in [3.8, 4) is 0 Å². The maximum atomic E-state index is 10.1. The smallest absolute Gasteiger partial charge is 0.410 e. The molecule has 0 aromatic heterocycles. The molecule has 4 nitrogen and oxygen atoms in total. The number of hydrogen-bond donors (Lipinski definition) is 3. The largest absolute Gasteiger partial charge is 0.465 e. The molecule has 3 N–H and O–H groups in total. The minimum absolute atomic E-state index is 0.447. The van der Waals surface area contributed by atoms with E-state index in [-0.39, 0.29) is 0 Å². The summed E-state index contributed by atoms with van der Waals surface area (Å²) in [5, 5.41) is 13.2. The summed E-state index contributed by atoms with van der Waals surface area (Å²) in [5.41, 5.74) is 0. The van der Waals surface area contributed by atoms with Gasteiger partial charge in [-0.25, -0.2) is 4.79 Å². The molecule has 0 bridgehead atoms. The van der Waals surface area contributed by atoms with E-state index in [4.69, 9.17) is 5.11 Å². The van der Waals surface area contributed by atoms with E-state index in [1.807, 2.05) is 0 Å². The van der Waals surface area contributed by atoms with Crippen molar-refractivity contribution in [3.63, 3.8) is 0 Å². The van der Waals surface area contributed by atoms with Crippen LogP contribution in [-0.2, 0) is 0 Å². The van der Waals surface area contributed by atoms with E-state index in [1.54, 1.807) is 30.5 Å². The van der Waals surface area contributed by atoms with E-state index >= 15 is 0 Å². The molecule has 11 heavy (non-hydrogen) atoms. The van der Waals surface area contributed by atoms with Gasteiger partial charge in [-0.2, -0.15) is 0 Å². The first kappa shape index (κ1) is 7.40.